The van der Waals surface area contributed by atoms with E-state index in [2.05, 4.69) is 26.1 Å². The summed E-state index contributed by atoms with van der Waals surface area (Å²) in [5.74, 6) is -0.172. The molecule has 3 atom stereocenters. The molecule has 0 saturated heterocycles. The Morgan fingerprint density at radius 2 is 1.65 bits per heavy atom. The van der Waals surface area contributed by atoms with E-state index >= 15 is 0 Å². The maximum atomic E-state index is 12.3. The Bertz CT molecular complexity index is 374. The van der Waals surface area contributed by atoms with Crippen molar-refractivity contribution < 1.29 is 19.1 Å². The third-order valence-electron chi connectivity index (χ3n) is 3.61. The summed E-state index contributed by atoms with van der Waals surface area (Å²) in [6, 6.07) is -0.693. The molecule has 0 aliphatic heterocycles. The van der Waals surface area contributed by atoms with Gasteiger partial charge in [-0.1, -0.05) is 54.9 Å². The summed E-state index contributed by atoms with van der Waals surface area (Å²) in [7, 11) is 0. The van der Waals surface area contributed by atoms with Crippen LogP contribution in [0.25, 0.3) is 0 Å². The fourth-order valence-corrected chi connectivity index (χ4v) is 2.18. The summed E-state index contributed by atoms with van der Waals surface area (Å²) in [5.41, 5.74) is 0.0790. The molecule has 0 aliphatic carbocycles. The van der Waals surface area contributed by atoms with E-state index in [1.54, 1.807) is 0 Å². The molecule has 0 rings (SSSR count). The van der Waals surface area contributed by atoms with Crippen LogP contribution in [0.2, 0.25) is 0 Å². The van der Waals surface area contributed by atoms with Crippen molar-refractivity contribution in [3.05, 3.63) is 0 Å². The van der Waals surface area contributed by atoms with Crippen molar-refractivity contribution >= 4 is 12.1 Å². The number of rotatable bonds is 8. The molecule has 0 aliphatic rings. The Kier molecular flexibility index (Phi) is 9.25. The van der Waals surface area contributed by atoms with Crippen molar-refractivity contribution in [1.82, 2.24) is 5.32 Å². The van der Waals surface area contributed by atoms with Gasteiger partial charge in [0.25, 0.3) is 0 Å². The monoisotopic (exact) mass is 329 g/mol. The number of hydrogen-bond acceptors (Lipinski definition) is 4. The van der Waals surface area contributed by atoms with Crippen molar-refractivity contribution in [3.63, 3.8) is 0 Å². The van der Waals surface area contributed by atoms with Gasteiger partial charge in [-0.2, -0.15) is 0 Å². The first kappa shape index (κ1) is 21.7. The third-order valence-corrected chi connectivity index (χ3v) is 3.61. The van der Waals surface area contributed by atoms with Crippen LogP contribution < -0.4 is 5.32 Å². The van der Waals surface area contributed by atoms with Gasteiger partial charge in [0.15, 0.2) is 0 Å². The average Bonchev–Trinajstić information content (AvgIpc) is 2.39. The van der Waals surface area contributed by atoms with Crippen LogP contribution in [0.5, 0.6) is 0 Å². The van der Waals surface area contributed by atoms with Crippen molar-refractivity contribution in [2.75, 3.05) is 6.61 Å². The lowest BCUT2D eigenvalue weighted by Crippen LogP contribution is -2.46. The highest BCUT2D eigenvalue weighted by atomic mass is 16.6. The summed E-state index contributed by atoms with van der Waals surface area (Å²) in [6.45, 7) is 16.3. The molecule has 0 saturated carbocycles. The quantitative estimate of drug-likeness (QED) is 0.679. The van der Waals surface area contributed by atoms with Crippen LogP contribution in [0.3, 0.4) is 0 Å². The highest BCUT2D eigenvalue weighted by molar-refractivity contribution is 5.81. The molecular formula is C18H35NO4. The van der Waals surface area contributed by atoms with Crippen molar-refractivity contribution in [2.24, 2.45) is 17.3 Å². The predicted molar refractivity (Wildman–Crippen MR) is 92.2 cm³/mol. The van der Waals surface area contributed by atoms with Crippen molar-refractivity contribution in [1.29, 1.82) is 0 Å². The Morgan fingerprint density at radius 3 is 2.09 bits per heavy atom. The van der Waals surface area contributed by atoms with Crippen LogP contribution in [0.15, 0.2) is 0 Å². The zero-order valence-electron chi connectivity index (χ0n) is 16.1. The molecular weight excluding hydrogens is 294 g/mol. The number of amides is 1. The number of esters is 1. The van der Waals surface area contributed by atoms with E-state index in [0.717, 1.165) is 12.8 Å². The zero-order valence-corrected chi connectivity index (χ0v) is 16.1. The minimum absolute atomic E-state index is 0.0690. The average molecular weight is 329 g/mol. The van der Waals surface area contributed by atoms with Crippen LogP contribution in [0, 0.1) is 17.3 Å². The number of nitrogens with one attached hydrogen (secondary N) is 1. The molecule has 136 valence electrons. The molecule has 0 bridgehead atoms. The van der Waals surface area contributed by atoms with E-state index in [9.17, 15) is 9.59 Å². The van der Waals surface area contributed by atoms with Crippen LogP contribution in [0.1, 0.15) is 68.2 Å². The van der Waals surface area contributed by atoms with Crippen molar-refractivity contribution in [3.8, 4) is 0 Å². The molecule has 0 aromatic rings. The van der Waals surface area contributed by atoms with Crippen LogP contribution in [-0.2, 0) is 14.3 Å². The maximum absolute atomic E-state index is 12.3. The van der Waals surface area contributed by atoms with E-state index in [1.807, 2.05) is 34.6 Å². The molecule has 5 heteroatoms. The fourth-order valence-electron chi connectivity index (χ4n) is 2.18. The van der Waals surface area contributed by atoms with Crippen LogP contribution in [-0.4, -0.2) is 30.8 Å². The summed E-state index contributed by atoms with van der Waals surface area (Å²) < 4.78 is 10.6. The molecule has 1 N–H and O–H groups in total. The van der Waals surface area contributed by atoms with E-state index in [1.165, 1.54) is 0 Å². The van der Waals surface area contributed by atoms with Gasteiger partial charge < -0.3 is 14.8 Å². The van der Waals surface area contributed by atoms with Gasteiger partial charge in [0.1, 0.15) is 6.04 Å². The Labute approximate surface area is 141 Å². The molecule has 0 spiro atoms. The molecule has 0 radical (unpaired) electrons. The predicted octanol–water partition coefficient (Wildman–Crippen LogP) is 4.15. The molecule has 0 heterocycles. The van der Waals surface area contributed by atoms with Gasteiger partial charge in [0.2, 0.25) is 0 Å². The van der Waals surface area contributed by atoms with E-state index < -0.39 is 18.1 Å². The largest absolute Gasteiger partial charge is 0.461 e. The first-order chi connectivity index (χ1) is 10.5. The summed E-state index contributed by atoms with van der Waals surface area (Å²) >= 11 is 0. The number of alkyl carbamates (subject to hydrolysis) is 1. The zero-order chi connectivity index (χ0) is 18.2. The first-order valence-corrected chi connectivity index (χ1v) is 8.60. The third kappa shape index (κ3) is 10.2. The van der Waals surface area contributed by atoms with Gasteiger partial charge in [0, 0.05) is 0 Å². The van der Waals surface area contributed by atoms with Crippen molar-refractivity contribution in [2.45, 2.75) is 80.4 Å². The number of hydrogen-bond donors (Lipinski definition) is 1. The normalized spacial score (nSPS) is 15.7. The van der Waals surface area contributed by atoms with E-state index in [4.69, 9.17) is 9.47 Å². The van der Waals surface area contributed by atoms with Gasteiger partial charge in [-0.3, -0.25) is 0 Å². The highest BCUT2D eigenvalue weighted by Gasteiger charge is 2.28. The molecule has 0 aromatic carbocycles. The summed E-state index contributed by atoms with van der Waals surface area (Å²) in [6.07, 6.45) is 0.945. The van der Waals surface area contributed by atoms with Gasteiger partial charge in [-0.15, -0.1) is 0 Å². The smallest absolute Gasteiger partial charge is 0.407 e. The van der Waals surface area contributed by atoms with Gasteiger partial charge in [0.05, 0.1) is 12.7 Å². The number of carbonyl (C=O) groups excluding carboxylic acids is 2. The maximum Gasteiger partial charge on any atom is 0.407 e. The standard InChI is InChI=1S/C18H35NO4/c1-9-13(4)11-22-17(21)19-15(12(2)3)16(20)23-14(5)10-18(6,7)8/h12-15H,9-11H2,1-8H3,(H,19,21). The van der Waals surface area contributed by atoms with Gasteiger partial charge >= 0.3 is 12.1 Å². The molecule has 23 heavy (non-hydrogen) atoms. The second-order valence-corrected chi connectivity index (χ2v) is 7.99. The lowest BCUT2D eigenvalue weighted by atomic mass is 9.90. The van der Waals surface area contributed by atoms with Crippen LogP contribution >= 0.6 is 0 Å². The Morgan fingerprint density at radius 1 is 1.09 bits per heavy atom. The topological polar surface area (TPSA) is 64.6 Å². The first-order valence-electron chi connectivity index (χ1n) is 8.60. The van der Waals surface area contributed by atoms with Gasteiger partial charge in [-0.05, 0) is 30.6 Å². The van der Waals surface area contributed by atoms with Crippen LogP contribution in [0.4, 0.5) is 4.79 Å². The minimum atomic E-state index is -0.693. The lowest BCUT2D eigenvalue weighted by molar-refractivity contribution is -0.153. The lowest BCUT2D eigenvalue weighted by Gasteiger charge is -2.26. The van der Waals surface area contributed by atoms with Gasteiger partial charge in [-0.25, -0.2) is 9.59 Å². The molecule has 0 aromatic heterocycles. The molecule has 0 fully saturated rings. The molecule has 5 nitrogen and oxygen atoms in total. The summed E-state index contributed by atoms with van der Waals surface area (Å²) in [5, 5.41) is 2.63. The Hall–Kier alpha value is -1.26. The summed E-state index contributed by atoms with van der Waals surface area (Å²) in [4.78, 5) is 24.2. The second-order valence-electron chi connectivity index (χ2n) is 7.99. The Balaban J connectivity index is 4.54. The van der Waals surface area contributed by atoms with E-state index in [-0.39, 0.29) is 17.4 Å². The number of carbonyl (C=O) groups is 2. The molecule has 3 unspecified atom stereocenters. The fraction of sp³-hybridized carbons (Fsp3) is 0.889. The van der Waals surface area contributed by atoms with E-state index in [0.29, 0.717) is 12.5 Å². The second kappa shape index (κ2) is 9.78. The number of ether oxygens (including phenoxy) is 2. The highest BCUT2D eigenvalue weighted by Crippen LogP contribution is 2.22. The SMILES string of the molecule is CCC(C)COC(=O)NC(C(=O)OC(C)CC(C)(C)C)C(C)C. The molecule has 1 amide bonds. The minimum Gasteiger partial charge on any atom is -0.461 e.